The zero-order chi connectivity index (χ0) is 29.7. The summed E-state index contributed by atoms with van der Waals surface area (Å²) in [7, 11) is -4.23. The number of rotatable bonds is 11. The fourth-order valence-electron chi connectivity index (χ4n) is 4.54. The Balaban J connectivity index is 1.56. The molecule has 0 bridgehead atoms. The summed E-state index contributed by atoms with van der Waals surface area (Å²) < 4.78 is 33.4. The van der Waals surface area contributed by atoms with Crippen LogP contribution in [0.5, 0.6) is 0 Å². The molecule has 0 aliphatic carbocycles. The number of carboxylic acid groups (broad SMARTS) is 1. The lowest BCUT2D eigenvalue weighted by Gasteiger charge is -2.43. The Morgan fingerprint density at radius 2 is 2.05 bits per heavy atom. The average Bonchev–Trinajstić information content (AvgIpc) is 3.63. The van der Waals surface area contributed by atoms with Crippen molar-refractivity contribution in [2.45, 2.75) is 60.9 Å². The van der Waals surface area contributed by atoms with E-state index in [4.69, 9.17) is 15.2 Å². The van der Waals surface area contributed by atoms with E-state index in [-0.39, 0.29) is 36.4 Å². The number of carbonyl (C=O) groups excluding carboxylic acids is 4. The summed E-state index contributed by atoms with van der Waals surface area (Å²) in [5, 5.41) is 17.2. The van der Waals surface area contributed by atoms with Crippen molar-refractivity contribution in [2.24, 2.45) is 0 Å². The molecule has 218 valence electrons. The van der Waals surface area contributed by atoms with Crippen LogP contribution in [0.2, 0.25) is 0 Å². The molecular formula is C23H25N7O9S2. The number of aromatic nitrogens is 1. The first-order valence-electron chi connectivity index (χ1n) is 12.4. The van der Waals surface area contributed by atoms with Gasteiger partial charge in [-0.05, 0) is 37.8 Å². The van der Waals surface area contributed by atoms with Crippen LogP contribution in [0, 0.1) is 0 Å². The summed E-state index contributed by atoms with van der Waals surface area (Å²) >= 11 is 0.900. The van der Waals surface area contributed by atoms with E-state index in [0.717, 1.165) is 21.4 Å². The van der Waals surface area contributed by atoms with E-state index in [1.165, 1.54) is 18.4 Å². The molecule has 0 aromatic carbocycles. The minimum Gasteiger partial charge on any atom is -0.481 e. The number of Topliss-reactive ketones (excluding diaryl/α,β-unsaturated/α-hetero) is 1. The number of ketones is 1. The van der Waals surface area contributed by atoms with Gasteiger partial charge in [0.2, 0.25) is 11.8 Å². The number of fused-ring (bicyclic) bond motifs is 1. The maximum absolute atomic E-state index is 13.7. The smallest absolute Gasteiger partial charge is 0.325 e. The number of hydrazine groups is 1. The highest BCUT2D eigenvalue weighted by Crippen LogP contribution is 2.31. The fourth-order valence-corrected chi connectivity index (χ4v) is 7.04. The normalized spacial score (nSPS) is 20.0. The van der Waals surface area contributed by atoms with Gasteiger partial charge in [-0.1, -0.05) is 5.16 Å². The van der Waals surface area contributed by atoms with Crippen molar-refractivity contribution in [2.75, 3.05) is 6.54 Å². The molecular weight excluding hydrogens is 582 g/mol. The Kier molecular flexibility index (Phi) is 9.07. The van der Waals surface area contributed by atoms with E-state index in [2.05, 4.69) is 20.0 Å². The van der Waals surface area contributed by atoms with E-state index >= 15 is 0 Å². The molecule has 41 heavy (non-hydrogen) atoms. The van der Waals surface area contributed by atoms with E-state index in [9.17, 15) is 32.4 Å². The summed E-state index contributed by atoms with van der Waals surface area (Å²) in [5.41, 5.74) is 9.14. The topological polar surface area (TPSA) is 233 Å². The Labute approximate surface area is 236 Å². The zero-order valence-corrected chi connectivity index (χ0v) is 23.0. The molecule has 0 spiro atoms. The molecule has 2 aromatic rings. The second-order valence-electron chi connectivity index (χ2n) is 9.21. The number of thiophene rings is 1. The second-order valence-corrected chi connectivity index (χ2v) is 12.2. The molecule has 4 rings (SSSR count). The first kappa shape index (κ1) is 29.7. The van der Waals surface area contributed by atoms with E-state index in [1.54, 1.807) is 6.07 Å². The summed E-state index contributed by atoms with van der Waals surface area (Å²) in [6.07, 6.45) is 1.12. The van der Waals surface area contributed by atoms with Crippen LogP contribution in [-0.2, 0) is 34.0 Å². The monoisotopic (exact) mass is 607 g/mol. The van der Waals surface area contributed by atoms with Crippen LogP contribution < -0.4 is 10.0 Å². The van der Waals surface area contributed by atoms with Crippen molar-refractivity contribution in [3.8, 4) is 10.6 Å². The Morgan fingerprint density at radius 3 is 2.73 bits per heavy atom. The minimum absolute atomic E-state index is 0.0841. The highest BCUT2D eigenvalue weighted by atomic mass is 32.2. The number of hydrogen-bond acceptors (Lipinski definition) is 10. The van der Waals surface area contributed by atoms with Crippen LogP contribution in [0.4, 0.5) is 0 Å². The van der Waals surface area contributed by atoms with Gasteiger partial charge in [-0.2, -0.15) is 9.51 Å². The van der Waals surface area contributed by atoms with Crippen molar-refractivity contribution in [3.63, 3.8) is 0 Å². The molecule has 2 saturated heterocycles. The lowest BCUT2D eigenvalue weighted by atomic mass is 10.0. The van der Waals surface area contributed by atoms with Gasteiger partial charge in [0.25, 0.3) is 21.7 Å². The molecule has 4 heterocycles. The van der Waals surface area contributed by atoms with Gasteiger partial charge < -0.3 is 20.5 Å². The average molecular weight is 608 g/mol. The zero-order valence-electron chi connectivity index (χ0n) is 21.3. The van der Waals surface area contributed by atoms with Crippen LogP contribution in [0.25, 0.3) is 16.1 Å². The number of sulfonamides is 1. The fraction of sp³-hybridized carbons (Fsp3) is 0.435. The third-order valence-corrected chi connectivity index (χ3v) is 9.56. The van der Waals surface area contributed by atoms with Gasteiger partial charge in [0, 0.05) is 25.5 Å². The third kappa shape index (κ3) is 6.74. The van der Waals surface area contributed by atoms with Gasteiger partial charge in [0.15, 0.2) is 0 Å². The Bertz CT molecular complexity index is 1500. The number of aliphatic carboxylic acids is 1. The van der Waals surface area contributed by atoms with E-state index in [0.29, 0.717) is 23.2 Å². The lowest BCUT2D eigenvalue weighted by molar-refractivity contribution is -0.176. The van der Waals surface area contributed by atoms with Crippen LogP contribution in [-0.4, -0.2) is 93.8 Å². The molecule has 16 nitrogen and oxygen atoms in total. The largest absolute Gasteiger partial charge is 0.481 e. The highest BCUT2D eigenvalue weighted by Gasteiger charge is 2.45. The lowest BCUT2D eigenvalue weighted by Crippen LogP contribution is -2.64. The molecule has 3 N–H and O–H groups in total. The Hall–Kier alpha value is -4.25. The first-order chi connectivity index (χ1) is 19.5. The molecule has 3 amide bonds. The molecule has 3 atom stereocenters. The van der Waals surface area contributed by atoms with Crippen LogP contribution in [0.3, 0.4) is 0 Å². The van der Waals surface area contributed by atoms with Crippen molar-refractivity contribution >= 4 is 57.0 Å². The molecule has 2 aliphatic heterocycles. The Morgan fingerprint density at radius 1 is 1.27 bits per heavy atom. The van der Waals surface area contributed by atoms with Crippen molar-refractivity contribution in [3.05, 3.63) is 30.0 Å². The van der Waals surface area contributed by atoms with Crippen LogP contribution in [0.15, 0.2) is 33.2 Å². The number of carbonyl (C=O) groups is 5. The summed E-state index contributed by atoms with van der Waals surface area (Å²) in [5.74, 6) is -4.29. The molecule has 2 fully saturated rings. The number of amides is 3. The molecule has 18 heteroatoms. The first-order valence-corrected chi connectivity index (χ1v) is 14.7. The minimum atomic E-state index is -4.23. The predicted octanol–water partition coefficient (Wildman–Crippen LogP) is -0.202. The highest BCUT2D eigenvalue weighted by molar-refractivity contribution is 7.91. The second kappa shape index (κ2) is 12.5. The predicted molar refractivity (Wildman–Crippen MR) is 138 cm³/mol. The molecule has 0 saturated carbocycles. The quantitative estimate of drug-likeness (QED) is 0.173. The molecule has 0 radical (unpaired) electrons. The number of nitrogens with zero attached hydrogens (tertiary/aromatic N) is 5. The molecule has 2 aliphatic rings. The van der Waals surface area contributed by atoms with Gasteiger partial charge >= 0.3 is 12.2 Å². The summed E-state index contributed by atoms with van der Waals surface area (Å²) in [6, 6.07) is 0.378. The maximum Gasteiger partial charge on any atom is 0.325 e. The number of carboxylic acids is 1. The third-order valence-electron chi connectivity index (χ3n) is 6.49. The van der Waals surface area contributed by atoms with Gasteiger partial charge in [-0.25, -0.2) is 13.4 Å². The SMILES string of the molecule is [N-]=[N+]=CC(=O)[C@H](CCC(=O)O)NC(=O)[C@@H]1CCCN2C(=O)CC[C@H](NS(=O)(=O)c3ccc(-c4ccon4)s3)C(=O)N12. The molecule has 2 aromatic heterocycles. The number of hydrogen-bond donors (Lipinski definition) is 3. The standard InChI is InChI=1S/C23H25N7O9S2/c24-25-12-17(31)13(4-7-20(33)34)26-22(35)16-2-1-10-29-19(32)6-3-15(23(36)30(16)29)28-41(37,38)21-8-5-18(40-21)14-9-11-39-27-14/h5,8-9,11-13,15-16,28H,1-4,6-7,10H2,(H,26,35)(H,33,34)/t13-,15-,16-/m0/s1. The van der Waals surface area contributed by atoms with E-state index in [1.807, 2.05) is 0 Å². The van der Waals surface area contributed by atoms with Gasteiger partial charge in [-0.15, -0.1) is 11.3 Å². The van der Waals surface area contributed by atoms with Gasteiger partial charge in [0.1, 0.15) is 28.2 Å². The van der Waals surface area contributed by atoms with Gasteiger partial charge in [0.05, 0.1) is 10.9 Å². The van der Waals surface area contributed by atoms with Crippen molar-refractivity contribution in [1.82, 2.24) is 25.2 Å². The van der Waals surface area contributed by atoms with Crippen molar-refractivity contribution < 1.29 is 46.8 Å². The summed E-state index contributed by atoms with van der Waals surface area (Å²) in [6.45, 7) is 0.109. The van der Waals surface area contributed by atoms with Crippen molar-refractivity contribution in [1.29, 1.82) is 0 Å². The maximum atomic E-state index is 13.7. The van der Waals surface area contributed by atoms with E-state index < -0.39 is 64.0 Å². The molecule has 0 unspecified atom stereocenters. The van der Waals surface area contributed by atoms with Crippen LogP contribution in [0.1, 0.15) is 38.5 Å². The van der Waals surface area contributed by atoms with Gasteiger partial charge in [-0.3, -0.25) is 29.0 Å². The van der Waals surface area contributed by atoms with Crippen LogP contribution >= 0.6 is 11.3 Å². The summed E-state index contributed by atoms with van der Waals surface area (Å²) in [4.78, 5) is 66.4. The number of nitrogens with one attached hydrogen (secondary N) is 2.